The van der Waals surface area contributed by atoms with E-state index in [1.54, 1.807) is 24.3 Å². The Morgan fingerprint density at radius 2 is 1.86 bits per heavy atom. The van der Waals surface area contributed by atoms with Crippen molar-refractivity contribution >= 4 is 31.7 Å². The van der Waals surface area contributed by atoms with Crippen LogP contribution in [0.3, 0.4) is 0 Å². The Morgan fingerprint density at radius 1 is 1.19 bits per heavy atom. The van der Waals surface area contributed by atoms with Crippen molar-refractivity contribution in [1.29, 1.82) is 5.26 Å². The summed E-state index contributed by atoms with van der Waals surface area (Å²) in [7, 11) is -7.45. The summed E-state index contributed by atoms with van der Waals surface area (Å²) < 4.78 is 54.7. The van der Waals surface area contributed by atoms with Gasteiger partial charge in [-0.25, -0.2) is 21.6 Å². The number of benzene rings is 1. The predicted molar refractivity (Wildman–Crippen MR) is 137 cm³/mol. The number of fused-ring (bicyclic) bond motifs is 2. The summed E-state index contributed by atoms with van der Waals surface area (Å²) in [6, 6.07) is 7.52. The van der Waals surface area contributed by atoms with E-state index in [1.807, 2.05) is 19.9 Å². The average Bonchev–Trinajstić information content (AvgIpc) is 3.17. The Balaban J connectivity index is 1.57. The van der Waals surface area contributed by atoms with Gasteiger partial charge in [0, 0.05) is 38.0 Å². The lowest BCUT2D eigenvalue weighted by atomic mass is 9.70. The van der Waals surface area contributed by atoms with Crippen LogP contribution in [0.5, 0.6) is 0 Å². The average molecular weight is 551 g/mol. The van der Waals surface area contributed by atoms with E-state index in [0.29, 0.717) is 24.0 Å². The summed E-state index contributed by atoms with van der Waals surface area (Å²) in [6.07, 6.45) is 2.84. The van der Waals surface area contributed by atoms with E-state index in [0.717, 1.165) is 12.7 Å². The quantitative estimate of drug-likeness (QED) is 0.506. The van der Waals surface area contributed by atoms with E-state index in [-0.39, 0.29) is 50.1 Å². The SMILES string of the molecule is CC1(C)[C@H]2CC[C@]1(CS(=O)(=O)N[C@@H](Cc1cccc(C#N)c1)C(=O)N1CCN(S(C)(=O)=O)CC1)C(=O)C2. The molecule has 2 aliphatic carbocycles. The van der Waals surface area contributed by atoms with Gasteiger partial charge in [0.05, 0.1) is 23.6 Å². The van der Waals surface area contributed by atoms with E-state index < -0.39 is 42.8 Å². The lowest BCUT2D eigenvalue weighted by Crippen LogP contribution is -2.57. The minimum absolute atomic E-state index is 0.0207. The molecule has 0 radical (unpaired) electrons. The van der Waals surface area contributed by atoms with Crippen LogP contribution in [0, 0.1) is 28.1 Å². The molecule has 2 saturated carbocycles. The minimum Gasteiger partial charge on any atom is -0.339 e. The van der Waals surface area contributed by atoms with Crippen molar-refractivity contribution in [1.82, 2.24) is 13.9 Å². The Morgan fingerprint density at radius 3 is 2.41 bits per heavy atom. The number of Topliss-reactive ketones (excluding diaryl/α,β-unsaturated/α-hetero) is 1. The van der Waals surface area contributed by atoms with Gasteiger partial charge in [-0.05, 0) is 48.3 Å². The zero-order valence-electron chi connectivity index (χ0n) is 21.4. The number of nitriles is 1. The number of sulfonamides is 2. The zero-order chi connectivity index (χ0) is 27.2. The number of ketones is 1. The first kappa shape index (κ1) is 27.7. The molecule has 3 aliphatic rings. The molecule has 1 aromatic rings. The summed E-state index contributed by atoms with van der Waals surface area (Å²) in [5.41, 5.74) is -0.408. The fraction of sp³-hybridized carbons (Fsp3) is 0.640. The highest BCUT2D eigenvalue weighted by Crippen LogP contribution is 2.64. The van der Waals surface area contributed by atoms with Crippen molar-refractivity contribution in [3.8, 4) is 6.07 Å². The second-order valence-electron chi connectivity index (χ2n) is 11.1. The topological polar surface area (TPSA) is 145 Å². The molecule has 1 amide bonds. The highest BCUT2D eigenvalue weighted by molar-refractivity contribution is 7.89. The smallest absolute Gasteiger partial charge is 0.241 e. The molecular weight excluding hydrogens is 516 g/mol. The molecule has 0 unspecified atom stereocenters. The number of hydrogen-bond acceptors (Lipinski definition) is 7. The van der Waals surface area contributed by atoms with E-state index >= 15 is 0 Å². The number of hydrogen-bond donors (Lipinski definition) is 1. The number of carbonyl (C=O) groups excluding carboxylic acids is 2. The summed E-state index contributed by atoms with van der Waals surface area (Å²) in [6.45, 7) is 4.45. The predicted octanol–water partition coefficient (Wildman–Crippen LogP) is 0.888. The molecule has 1 N–H and O–H groups in total. The molecule has 10 nitrogen and oxygen atoms in total. The van der Waals surface area contributed by atoms with Gasteiger partial charge < -0.3 is 4.90 Å². The summed E-state index contributed by atoms with van der Waals surface area (Å²) in [4.78, 5) is 28.0. The van der Waals surface area contributed by atoms with E-state index in [1.165, 1.54) is 9.21 Å². The molecule has 3 atom stereocenters. The maximum absolute atomic E-state index is 13.6. The number of nitrogens with zero attached hydrogens (tertiary/aromatic N) is 3. The van der Waals surface area contributed by atoms with Crippen molar-refractivity contribution in [2.45, 2.75) is 45.6 Å². The third-order valence-corrected chi connectivity index (χ3v) is 11.5. The van der Waals surface area contributed by atoms with Gasteiger partial charge in [-0.3, -0.25) is 9.59 Å². The third-order valence-electron chi connectivity index (χ3n) is 8.71. The van der Waals surface area contributed by atoms with Gasteiger partial charge in [0.2, 0.25) is 26.0 Å². The van der Waals surface area contributed by atoms with Crippen molar-refractivity contribution in [2.75, 3.05) is 38.2 Å². The first-order chi connectivity index (χ1) is 17.2. The van der Waals surface area contributed by atoms with Crippen molar-refractivity contribution < 1.29 is 26.4 Å². The van der Waals surface area contributed by atoms with Crippen LogP contribution in [0.15, 0.2) is 24.3 Å². The van der Waals surface area contributed by atoms with Crippen LogP contribution in [0.2, 0.25) is 0 Å². The van der Waals surface area contributed by atoms with Crippen LogP contribution < -0.4 is 4.72 Å². The number of amides is 1. The summed E-state index contributed by atoms with van der Waals surface area (Å²) in [5, 5.41) is 9.26. The second kappa shape index (κ2) is 9.76. The summed E-state index contributed by atoms with van der Waals surface area (Å²) >= 11 is 0. The Bertz CT molecular complexity index is 1340. The lowest BCUT2D eigenvalue weighted by molar-refractivity contribution is -0.134. The number of carbonyl (C=O) groups is 2. The van der Waals surface area contributed by atoms with E-state index in [9.17, 15) is 31.7 Å². The monoisotopic (exact) mass is 550 g/mol. The normalized spacial score (nSPS) is 26.7. The maximum atomic E-state index is 13.6. The van der Waals surface area contributed by atoms with Crippen molar-refractivity contribution in [3.05, 3.63) is 35.4 Å². The molecule has 2 bridgehead atoms. The van der Waals surface area contributed by atoms with Crippen molar-refractivity contribution in [2.24, 2.45) is 16.7 Å². The van der Waals surface area contributed by atoms with Gasteiger partial charge in [0.15, 0.2) is 0 Å². The Labute approximate surface area is 219 Å². The van der Waals surface area contributed by atoms with Gasteiger partial charge in [-0.1, -0.05) is 26.0 Å². The molecule has 1 aliphatic heterocycles. The molecular formula is C25H34N4O6S2. The second-order valence-corrected chi connectivity index (χ2v) is 14.8. The molecule has 4 rings (SSSR count). The number of nitrogens with one attached hydrogen (secondary N) is 1. The van der Waals surface area contributed by atoms with Crippen LogP contribution in [0.1, 0.15) is 44.2 Å². The maximum Gasteiger partial charge on any atom is 0.241 e. The zero-order valence-corrected chi connectivity index (χ0v) is 23.1. The Kier molecular flexibility index (Phi) is 7.31. The van der Waals surface area contributed by atoms with Gasteiger partial charge in [-0.15, -0.1) is 0 Å². The molecule has 37 heavy (non-hydrogen) atoms. The van der Waals surface area contributed by atoms with Crippen LogP contribution in [0.4, 0.5) is 0 Å². The van der Waals surface area contributed by atoms with E-state index in [4.69, 9.17) is 0 Å². The Hall–Kier alpha value is -2.33. The standard InChI is InChI=1S/C25H34N4O6S2/c1-24(2)20-7-8-25(24,22(30)15-20)17-37(34,35)27-21(14-18-5-4-6-19(13-18)16-26)23(31)28-9-11-29(12-10-28)36(3,32)33/h4-6,13,20-21,27H,7-12,14-15,17H2,1-3H3/t20-,21-,25-/m0/s1. The molecule has 3 fully saturated rings. The van der Waals surface area contributed by atoms with Crippen LogP contribution in [-0.4, -0.2) is 82.0 Å². The molecule has 1 heterocycles. The van der Waals surface area contributed by atoms with Gasteiger partial charge >= 0.3 is 0 Å². The van der Waals surface area contributed by atoms with Crippen LogP contribution in [0.25, 0.3) is 0 Å². The number of piperazine rings is 1. The molecule has 12 heteroatoms. The van der Waals surface area contributed by atoms with Crippen molar-refractivity contribution in [3.63, 3.8) is 0 Å². The molecule has 202 valence electrons. The first-order valence-corrected chi connectivity index (χ1v) is 15.9. The highest BCUT2D eigenvalue weighted by atomic mass is 32.2. The largest absolute Gasteiger partial charge is 0.339 e. The minimum atomic E-state index is -4.06. The van der Waals surface area contributed by atoms with Gasteiger partial charge in [0.1, 0.15) is 11.8 Å². The fourth-order valence-electron chi connectivity index (χ4n) is 6.33. The summed E-state index contributed by atoms with van der Waals surface area (Å²) in [5.74, 6) is -0.697. The molecule has 0 spiro atoms. The highest BCUT2D eigenvalue weighted by Gasteiger charge is 2.65. The number of rotatable bonds is 8. The van der Waals surface area contributed by atoms with Crippen LogP contribution in [-0.2, 0) is 36.1 Å². The van der Waals surface area contributed by atoms with Gasteiger partial charge in [-0.2, -0.15) is 9.57 Å². The van der Waals surface area contributed by atoms with Gasteiger partial charge in [0.25, 0.3) is 0 Å². The molecule has 1 aromatic carbocycles. The molecule has 1 saturated heterocycles. The fourth-order valence-corrected chi connectivity index (χ4v) is 9.19. The lowest BCUT2D eigenvalue weighted by Gasteiger charge is -2.37. The third kappa shape index (κ3) is 5.32. The van der Waals surface area contributed by atoms with E-state index in [2.05, 4.69) is 4.72 Å². The first-order valence-electron chi connectivity index (χ1n) is 12.4. The van der Waals surface area contributed by atoms with Crippen LogP contribution >= 0.6 is 0 Å². The molecule has 0 aromatic heterocycles.